The summed E-state index contributed by atoms with van der Waals surface area (Å²) >= 11 is 0. The number of carbonyl (C=O) groups is 1. The highest BCUT2D eigenvalue weighted by atomic mass is 16.3. The molecule has 1 N–H and O–H groups in total. The predicted molar refractivity (Wildman–Crippen MR) is 75.0 cm³/mol. The Labute approximate surface area is 119 Å². The first-order chi connectivity index (χ1) is 9.63. The number of aromatic nitrogens is 3. The van der Waals surface area contributed by atoms with Crippen LogP contribution >= 0.6 is 0 Å². The second kappa shape index (κ2) is 6.83. The molecule has 1 aromatic heterocycles. The molecule has 0 spiro atoms. The molecule has 2 unspecified atom stereocenters. The Morgan fingerprint density at radius 2 is 2.00 bits per heavy atom. The van der Waals surface area contributed by atoms with Crippen LogP contribution in [0.3, 0.4) is 0 Å². The number of carbonyl (C=O) groups excluding carboxylic acids is 1. The molecule has 2 atom stereocenters. The summed E-state index contributed by atoms with van der Waals surface area (Å²) < 4.78 is 1.56. The van der Waals surface area contributed by atoms with Gasteiger partial charge in [-0.1, -0.05) is 25.0 Å². The molecule has 1 aliphatic rings. The molecule has 2 rings (SSSR count). The van der Waals surface area contributed by atoms with Crippen LogP contribution in [0, 0.1) is 0 Å². The van der Waals surface area contributed by atoms with Gasteiger partial charge in [0.25, 0.3) is 0 Å². The molecule has 112 valence electrons. The molecular formula is C14H24N4O2. The van der Waals surface area contributed by atoms with Crippen LogP contribution in [0.4, 0.5) is 0 Å². The zero-order chi connectivity index (χ0) is 14.5. The fraction of sp³-hybridized carbons (Fsp3) is 0.786. The number of aliphatic hydroxyl groups is 1. The molecule has 2 heterocycles. The van der Waals surface area contributed by atoms with Gasteiger partial charge in [0.1, 0.15) is 11.7 Å². The molecule has 1 aliphatic heterocycles. The normalized spacial score (nSPS) is 19.4. The van der Waals surface area contributed by atoms with Crippen molar-refractivity contribution in [3.63, 3.8) is 0 Å². The van der Waals surface area contributed by atoms with Crippen LogP contribution in [0.15, 0.2) is 6.20 Å². The lowest BCUT2D eigenvalue weighted by Gasteiger charge is -2.23. The van der Waals surface area contributed by atoms with E-state index >= 15 is 0 Å². The first-order valence-corrected chi connectivity index (χ1v) is 7.52. The van der Waals surface area contributed by atoms with E-state index in [0.29, 0.717) is 12.1 Å². The van der Waals surface area contributed by atoms with Gasteiger partial charge >= 0.3 is 0 Å². The number of likely N-dealkylation sites (tertiary alicyclic amines) is 1. The summed E-state index contributed by atoms with van der Waals surface area (Å²) in [5, 5.41) is 17.7. The number of hydrogen-bond donors (Lipinski definition) is 1. The third-order valence-corrected chi connectivity index (χ3v) is 3.93. The monoisotopic (exact) mass is 280 g/mol. The van der Waals surface area contributed by atoms with Gasteiger partial charge in [0.2, 0.25) is 5.91 Å². The highest BCUT2D eigenvalue weighted by molar-refractivity contribution is 5.80. The largest absolute Gasteiger partial charge is 0.387 e. The fourth-order valence-corrected chi connectivity index (χ4v) is 2.51. The lowest BCUT2D eigenvalue weighted by Crippen LogP contribution is -2.37. The average molecular weight is 280 g/mol. The third kappa shape index (κ3) is 3.36. The summed E-state index contributed by atoms with van der Waals surface area (Å²) in [7, 11) is 0. The molecule has 6 nitrogen and oxygen atoms in total. The maximum Gasteiger partial charge on any atom is 0.247 e. The van der Waals surface area contributed by atoms with Crippen molar-refractivity contribution in [2.24, 2.45) is 0 Å². The third-order valence-electron chi connectivity index (χ3n) is 3.93. The van der Waals surface area contributed by atoms with Crippen molar-refractivity contribution >= 4 is 5.91 Å². The van der Waals surface area contributed by atoms with Gasteiger partial charge in [0, 0.05) is 13.1 Å². The Hall–Kier alpha value is -1.43. The summed E-state index contributed by atoms with van der Waals surface area (Å²) in [5.41, 5.74) is 0.531. The summed E-state index contributed by atoms with van der Waals surface area (Å²) in [6.45, 7) is 5.39. The van der Waals surface area contributed by atoms with Gasteiger partial charge in [-0.05, 0) is 26.2 Å². The average Bonchev–Trinajstić information content (AvgIpc) is 2.80. The van der Waals surface area contributed by atoms with E-state index in [9.17, 15) is 9.90 Å². The lowest BCUT2D eigenvalue weighted by molar-refractivity contribution is -0.134. The number of amides is 1. The molecule has 20 heavy (non-hydrogen) atoms. The molecule has 1 aromatic rings. The van der Waals surface area contributed by atoms with E-state index in [1.165, 1.54) is 12.8 Å². The molecule has 0 bridgehead atoms. The van der Waals surface area contributed by atoms with Gasteiger partial charge in [0.15, 0.2) is 0 Å². The molecule has 0 radical (unpaired) electrons. The van der Waals surface area contributed by atoms with Crippen molar-refractivity contribution < 1.29 is 9.90 Å². The van der Waals surface area contributed by atoms with Gasteiger partial charge in [-0.25, -0.2) is 4.68 Å². The van der Waals surface area contributed by atoms with Crippen LogP contribution in [0.2, 0.25) is 0 Å². The molecule has 0 aliphatic carbocycles. The number of nitrogens with zero attached hydrogens (tertiary/aromatic N) is 4. The van der Waals surface area contributed by atoms with Crippen molar-refractivity contribution in [2.45, 2.75) is 58.1 Å². The molecular weight excluding hydrogens is 256 g/mol. The van der Waals surface area contributed by atoms with Gasteiger partial charge in [-0.15, -0.1) is 5.10 Å². The zero-order valence-corrected chi connectivity index (χ0v) is 12.3. The van der Waals surface area contributed by atoms with E-state index in [1.807, 2.05) is 18.7 Å². The van der Waals surface area contributed by atoms with Gasteiger partial charge in [0.05, 0.1) is 12.3 Å². The maximum atomic E-state index is 12.5. The molecule has 6 heteroatoms. The predicted octanol–water partition coefficient (Wildman–Crippen LogP) is 1.69. The van der Waals surface area contributed by atoms with Crippen molar-refractivity contribution in [3.8, 4) is 0 Å². The Balaban J connectivity index is 2.03. The van der Waals surface area contributed by atoms with Crippen molar-refractivity contribution in [3.05, 3.63) is 11.9 Å². The molecule has 0 saturated carbocycles. The van der Waals surface area contributed by atoms with Crippen molar-refractivity contribution in [2.75, 3.05) is 13.1 Å². The topological polar surface area (TPSA) is 71.2 Å². The summed E-state index contributed by atoms with van der Waals surface area (Å²) in [5.74, 6) is 0.0920. The molecule has 1 fully saturated rings. The second-order valence-electron chi connectivity index (χ2n) is 5.46. The molecule has 0 aromatic carbocycles. The van der Waals surface area contributed by atoms with Crippen LogP contribution in [0.25, 0.3) is 0 Å². The van der Waals surface area contributed by atoms with Crippen LogP contribution in [-0.4, -0.2) is 44.0 Å². The van der Waals surface area contributed by atoms with Crippen LogP contribution in [0.5, 0.6) is 0 Å². The zero-order valence-electron chi connectivity index (χ0n) is 12.3. The highest BCUT2D eigenvalue weighted by Crippen LogP contribution is 2.17. The standard InChI is InChI=1S/C14H24N4O2/c1-3-13(19)12-10-18(16-15-12)11(2)14(20)17-8-6-4-5-7-9-17/h10-11,13,19H,3-9H2,1-2H3. The van der Waals surface area contributed by atoms with E-state index in [1.54, 1.807) is 10.9 Å². The van der Waals surface area contributed by atoms with Crippen LogP contribution in [0.1, 0.15) is 63.8 Å². The Morgan fingerprint density at radius 3 is 2.60 bits per heavy atom. The number of aliphatic hydroxyl groups excluding tert-OH is 1. The van der Waals surface area contributed by atoms with Crippen molar-refractivity contribution in [1.82, 2.24) is 19.9 Å². The second-order valence-corrected chi connectivity index (χ2v) is 5.46. The van der Waals surface area contributed by atoms with Crippen LogP contribution in [-0.2, 0) is 4.79 Å². The minimum Gasteiger partial charge on any atom is -0.387 e. The smallest absolute Gasteiger partial charge is 0.247 e. The Morgan fingerprint density at radius 1 is 1.35 bits per heavy atom. The highest BCUT2D eigenvalue weighted by Gasteiger charge is 2.24. The van der Waals surface area contributed by atoms with E-state index in [0.717, 1.165) is 25.9 Å². The number of hydrogen-bond acceptors (Lipinski definition) is 4. The Bertz CT molecular complexity index is 438. The van der Waals surface area contributed by atoms with E-state index in [-0.39, 0.29) is 11.9 Å². The van der Waals surface area contributed by atoms with E-state index in [2.05, 4.69) is 10.3 Å². The minimum atomic E-state index is -0.607. The van der Waals surface area contributed by atoms with Gasteiger partial charge in [-0.3, -0.25) is 4.79 Å². The number of rotatable bonds is 4. The van der Waals surface area contributed by atoms with E-state index < -0.39 is 6.10 Å². The van der Waals surface area contributed by atoms with E-state index in [4.69, 9.17) is 0 Å². The maximum absolute atomic E-state index is 12.5. The quantitative estimate of drug-likeness (QED) is 0.911. The van der Waals surface area contributed by atoms with Crippen molar-refractivity contribution in [1.29, 1.82) is 0 Å². The summed E-state index contributed by atoms with van der Waals surface area (Å²) in [6.07, 6.45) is 6.22. The van der Waals surface area contributed by atoms with Crippen LogP contribution < -0.4 is 0 Å². The van der Waals surface area contributed by atoms with Gasteiger partial charge in [-0.2, -0.15) is 0 Å². The minimum absolute atomic E-state index is 0.0920. The van der Waals surface area contributed by atoms with Gasteiger partial charge < -0.3 is 10.0 Å². The fourth-order valence-electron chi connectivity index (χ4n) is 2.51. The summed E-state index contributed by atoms with van der Waals surface area (Å²) in [6, 6.07) is -0.363. The summed E-state index contributed by atoms with van der Waals surface area (Å²) in [4.78, 5) is 14.4. The lowest BCUT2D eigenvalue weighted by atomic mass is 10.2. The first-order valence-electron chi connectivity index (χ1n) is 7.52. The SMILES string of the molecule is CCC(O)c1cn(C(C)C(=O)N2CCCCCC2)nn1. The Kier molecular flexibility index (Phi) is 5.11. The molecule has 1 amide bonds. The molecule has 1 saturated heterocycles. The first kappa shape index (κ1) is 15.0.